The molecule has 22 heavy (non-hydrogen) atoms. The second kappa shape index (κ2) is 6.38. The molecule has 1 aromatic heterocycles. The smallest absolute Gasteiger partial charge is 0.246 e. The number of aromatic nitrogens is 1. The quantitative estimate of drug-likeness (QED) is 0.750. The molecule has 1 amide bonds. The summed E-state index contributed by atoms with van der Waals surface area (Å²) >= 11 is 0. The van der Waals surface area contributed by atoms with Crippen molar-refractivity contribution in [2.75, 3.05) is 11.9 Å². The third kappa shape index (κ3) is 3.87. The molecule has 0 aromatic carbocycles. The van der Waals surface area contributed by atoms with Crippen LogP contribution in [0.25, 0.3) is 0 Å². The average Bonchev–Trinajstić information content (AvgIpc) is 3.10. The van der Waals surface area contributed by atoms with Crippen LogP contribution in [0.3, 0.4) is 0 Å². The molecule has 0 unspecified atom stereocenters. The standard InChI is InChI=1S/C16H27N3O3/c1-15(2,10-20)12-9-13(22-19-12)17-14(21)16(3,4)18-11-7-5-6-8-11/h9,11,18,20H,5-8,10H2,1-4H3,(H,17,21). The highest BCUT2D eigenvalue weighted by atomic mass is 16.5. The van der Waals surface area contributed by atoms with E-state index >= 15 is 0 Å². The van der Waals surface area contributed by atoms with Gasteiger partial charge in [-0.3, -0.25) is 10.1 Å². The van der Waals surface area contributed by atoms with E-state index in [1.54, 1.807) is 6.07 Å². The molecule has 0 atom stereocenters. The van der Waals surface area contributed by atoms with Crippen LogP contribution in [-0.2, 0) is 10.2 Å². The molecule has 1 saturated carbocycles. The van der Waals surface area contributed by atoms with E-state index in [2.05, 4.69) is 15.8 Å². The summed E-state index contributed by atoms with van der Waals surface area (Å²) in [6.45, 7) is 7.43. The molecule has 2 rings (SSSR count). The number of nitrogens with one attached hydrogen (secondary N) is 2. The lowest BCUT2D eigenvalue weighted by atomic mass is 9.91. The molecule has 0 radical (unpaired) electrons. The molecule has 0 saturated heterocycles. The van der Waals surface area contributed by atoms with Gasteiger partial charge in [-0.2, -0.15) is 0 Å². The van der Waals surface area contributed by atoms with Crippen LogP contribution < -0.4 is 10.6 Å². The van der Waals surface area contributed by atoms with E-state index in [1.807, 2.05) is 27.7 Å². The van der Waals surface area contributed by atoms with E-state index < -0.39 is 11.0 Å². The summed E-state index contributed by atoms with van der Waals surface area (Å²) in [5.74, 6) is 0.159. The highest BCUT2D eigenvalue weighted by molar-refractivity contribution is 5.96. The molecule has 1 aliphatic rings. The van der Waals surface area contributed by atoms with Gasteiger partial charge in [-0.05, 0) is 26.7 Å². The number of carbonyl (C=O) groups is 1. The lowest BCUT2D eigenvalue weighted by molar-refractivity contribution is -0.121. The second-order valence-corrected chi connectivity index (χ2v) is 7.32. The van der Waals surface area contributed by atoms with E-state index in [4.69, 9.17) is 4.52 Å². The Morgan fingerprint density at radius 1 is 1.36 bits per heavy atom. The minimum atomic E-state index is -0.672. The summed E-state index contributed by atoms with van der Waals surface area (Å²) in [4.78, 5) is 12.4. The van der Waals surface area contributed by atoms with Crippen LogP contribution in [0.4, 0.5) is 5.88 Å². The van der Waals surface area contributed by atoms with Gasteiger partial charge in [0.15, 0.2) is 0 Å². The zero-order valence-corrected chi connectivity index (χ0v) is 13.9. The first-order valence-electron chi connectivity index (χ1n) is 7.92. The highest BCUT2D eigenvalue weighted by Gasteiger charge is 2.32. The fourth-order valence-corrected chi connectivity index (χ4v) is 2.65. The van der Waals surface area contributed by atoms with E-state index in [0.29, 0.717) is 17.6 Å². The molecule has 124 valence electrons. The maximum absolute atomic E-state index is 12.4. The van der Waals surface area contributed by atoms with Crippen molar-refractivity contribution in [2.24, 2.45) is 0 Å². The third-order valence-electron chi connectivity index (χ3n) is 4.32. The summed E-state index contributed by atoms with van der Waals surface area (Å²) < 4.78 is 5.17. The molecule has 0 aliphatic heterocycles. The van der Waals surface area contributed by atoms with Gasteiger partial charge in [-0.1, -0.05) is 31.8 Å². The van der Waals surface area contributed by atoms with Crippen molar-refractivity contribution >= 4 is 11.8 Å². The maximum Gasteiger partial charge on any atom is 0.246 e. The van der Waals surface area contributed by atoms with Crippen molar-refractivity contribution < 1.29 is 14.4 Å². The molecular formula is C16H27N3O3. The topological polar surface area (TPSA) is 87.4 Å². The number of amides is 1. The molecule has 0 bridgehead atoms. The number of nitrogens with zero attached hydrogens (tertiary/aromatic N) is 1. The van der Waals surface area contributed by atoms with E-state index in [-0.39, 0.29) is 12.5 Å². The summed E-state index contributed by atoms with van der Waals surface area (Å²) in [5.41, 5.74) is -0.551. The molecule has 6 heteroatoms. The average molecular weight is 309 g/mol. The monoisotopic (exact) mass is 309 g/mol. The van der Waals surface area contributed by atoms with Gasteiger partial charge in [-0.25, -0.2) is 0 Å². The van der Waals surface area contributed by atoms with Gasteiger partial charge in [0.2, 0.25) is 11.8 Å². The van der Waals surface area contributed by atoms with Crippen molar-refractivity contribution in [3.05, 3.63) is 11.8 Å². The Morgan fingerprint density at radius 3 is 2.59 bits per heavy atom. The third-order valence-corrected chi connectivity index (χ3v) is 4.32. The first-order chi connectivity index (χ1) is 10.2. The fraction of sp³-hybridized carbons (Fsp3) is 0.750. The fourth-order valence-electron chi connectivity index (χ4n) is 2.65. The molecule has 6 nitrogen and oxygen atoms in total. The first-order valence-corrected chi connectivity index (χ1v) is 7.92. The zero-order chi connectivity index (χ0) is 16.4. The second-order valence-electron chi connectivity index (χ2n) is 7.32. The van der Waals surface area contributed by atoms with Crippen LogP contribution >= 0.6 is 0 Å². The Labute approximate surface area is 131 Å². The SMILES string of the molecule is CC(C)(NC1CCCC1)C(=O)Nc1cc(C(C)(C)CO)no1. The molecule has 1 heterocycles. The lowest BCUT2D eigenvalue weighted by Gasteiger charge is -2.28. The van der Waals surface area contributed by atoms with Crippen LogP contribution in [0.15, 0.2) is 10.6 Å². The number of hydrogen-bond acceptors (Lipinski definition) is 5. The first kappa shape index (κ1) is 17.0. The largest absolute Gasteiger partial charge is 0.395 e. The molecule has 1 aliphatic carbocycles. The van der Waals surface area contributed by atoms with E-state index in [1.165, 1.54) is 12.8 Å². The summed E-state index contributed by atoms with van der Waals surface area (Å²) in [6, 6.07) is 2.07. The summed E-state index contributed by atoms with van der Waals surface area (Å²) in [5, 5.41) is 19.4. The Morgan fingerprint density at radius 2 is 2.00 bits per heavy atom. The predicted molar refractivity (Wildman–Crippen MR) is 84.7 cm³/mol. The van der Waals surface area contributed by atoms with E-state index in [9.17, 15) is 9.90 Å². The zero-order valence-electron chi connectivity index (χ0n) is 13.9. The number of rotatable bonds is 6. The highest BCUT2D eigenvalue weighted by Crippen LogP contribution is 2.25. The molecule has 1 fully saturated rings. The lowest BCUT2D eigenvalue weighted by Crippen LogP contribution is -2.53. The van der Waals surface area contributed by atoms with Gasteiger partial charge in [-0.15, -0.1) is 0 Å². The van der Waals surface area contributed by atoms with Crippen molar-refractivity contribution in [1.82, 2.24) is 10.5 Å². The van der Waals surface area contributed by atoms with Gasteiger partial charge in [0.05, 0.1) is 17.8 Å². The predicted octanol–water partition coefficient (Wildman–Crippen LogP) is 2.19. The van der Waals surface area contributed by atoms with Crippen molar-refractivity contribution in [3.63, 3.8) is 0 Å². The number of aliphatic hydroxyl groups excluding tert-OH is 1. The van der Waals surface area contributed by atoms with Gasteiger partial charge in [0, 0.05) is 17.5 Å². The van der Waals surface area contributed by atoms with Gasteiger partial charge in [0.25, 0.3) is 0 Å². The Bertz CT molecular complexity index is 516. The van der Waals surface area contributed by atoms with Crippen molar-refractivity contribution in [3.8, 4) is 0 Å². The Kier molecular flexibility index (Phi) is 4.92. The van der Waals surface area contributed by atoms with Crippen molar-refractivity contribution in [2.45, 2.75) is 70.4 Å². The van der Waals surface area contributed by atoms with Gasteiger partial charge in [0.1, 0.15) is 0 Å². The summed E-state index contributed by atoms with van der Waals surface area (Å²) in [6.07, 6.45) is 4.68. The van der Waals surface area contributed by atoms with Crippen LogP contribution in [0.2, 0.25) is 0 Å². The number of hydrogen-bond donors (Lipinski definition) is 3. The van der Waals surface area contributed by atoms with E-state index in [0.717, 1.165) is 12.8 Å². The molecule has 0 spiro atoms. The normalized spacial score (nSPS) is 17.0. The number of anilines is 1. The van der Waals surface area contributed by atoms with Gasteiger partial charge >= 0.3 is 0 Å². The van der Waals surface area contributed by atoms with Crippen LogP contribution in [0.5, 0.6) is 0 Å². The Balaban J connectivity index is 1.98. The molecule has 1 aromatic rings. The molecular weight excluding hydrogens is 282 g/mol. The maximum atomic E-state index is 12.4. The van der Waals surface area contributed by atoms with Crippen LogP contribution in [0, 0.1) is 0 Å². The molecule has 3 N–H and O–H groups in total. The minimum Gasteiger partial charge on any atom is -0.395 e. The van der Waals surface area contributed by atoms with Gasteiger partial charge < -0.3 is 14.9 Å². The minimum absolute atomic E-state index is 0.0400. The summed E-state index contributed by atoms with van der Waals surface area (Å²) in [7, 11) is 0. The Hall–Kier alpha value is -1.40. The number of carbonyl (C=O) groups excluding carboxylic acids is 1. The van der Waals surface area contributed by atoms with Crippen molar-refractivity contribution in [1.29, 1.82) is 0 Å². The number of aliphatic hydroxyl groups is 1. The van der Waals surface area contributed by atoms with Crippen LogP contribution in [0.1, 0.15) is 59.1 Å². The van der Waals surface area contributed by atoms with Crippen LogP contribution in [-0.4, -0.2) is 34.4 Å².